The fourth-order valence-electron chi connectivity index (χ4n) is 0.273. The molecule has 0 saturated heterocycles. The van der Waals surface area contributed by atoms with Crippen LogP contribution in [0.1, 0.15) is 0 Å². The van der Waals surface area contributed by atoms with Crippen LogP contribution in [0.25, 0.3) is 0 Å². The molecule has 0 aliphatic carbocycles. The molecule has 0 fully saturated rings. The minimum Gasteiger partial charge on any atom is -0.190 e. The van der Waals surface area contributed by atoms with Crippen molar-refractivity contribution in [1.29, 1.82) is 0 Å². The summed E-state index contributed by atoms with van der Waals surface area (Å²) < 4.78 is 5.01. The first-order valence-corrected chi connectivity index (χ1v) is 3.80. The third-order valence-electron chi connectivity index (χ3n) is 0.572. The minimum absolute atomic E-state index is 1.22. The molecule has 0 N–H and O–H groups in total. The van der Waals surface area contributed by atoms with Gasteiger partial charge in [-0.25, -0.2) is 0 Å². The Labute approximate surface area is 50.9 Å². The van der Waals surface area contributed by atoms with Crippen molar-refractivity contribution in [3.63, 3.8) is 0 Å². The number of thioether (sulfide) groups is 1. The van der Waals surface area contributed by atoms with Gasteiger partial charge in [-0.05, 0) is 23.9 Å². The van der Waals surface area contributed by atoms with E-state index in [0.717, 1.165) is 0 Å². The Bertz CT molecular complexity index is 124. The molecule has 1 aromatic rings. The monoisotopic (exact) mass is 130 g/mol. The highest BCUT2D eigenvalue weighted by atomic mass is 32.2. The Hall–Kier alpha value is -0.0200. The lowest BCUT2D eigenvalue weighted by molar-refractivity contribution is 1.54. The van der Waals surface area contributed by atoms with Crippen molar-refractivity contribution in [1.82, 2.24) is 4.37 Å². The van der Waals surface area contributed by atoms with Crippen LogP contribution in [0.2, 0.25) is 0 Å². The lowest BCUT2D eigenvalue weighted by atomic mass is 10.8. The summed E-state index contributed by atoms with van der Waals surface area (Å²) in [4.78, 5) is 0. The molecule has 0 aliphatic rings. The topological polar surface area (TPSA) is 12.9 Å². The predicted molar refractivity (Wildman–Crippen MR) is 32.7 cm³/mol. The Morgan fingerprint density at radius 3 is 3.14 bits per heavy atom. The van der Waals surface area contributed by atoms with Crippen molar-refractivity contribution < 1.29 is 0 Å². The van der Waals surface area contributed by atoms with Crippen molar-refractivity contribution >= 4 is 23.3 Å². The van der Waals surface area contributed by atoms with Crippen LogP contribution in [0, 0.1) is 6.20 Å². The zero-order valence-corrected chi connectivity index (χ0v) is 5.47. The number of aromatic nitrogens is 1. The highest BCUT2D eigenvalue weighted by Crippen LogP contribution is 2.16. The van der Waals surface area contributed by atoms with Crippen LogP contribution >= 0.6 is 23.3 Å². The molecule has 0 aromatic carbocycles. The molecule has 3 heteroatoms. The van der Waals surface area contributed by atoms with Gasteiger partial charge in [0, 0.05) is 0 Å². The lowest BCUT2D eigenvalue weighted by Crippen LogP contribution is -1.46. The van der Waals surface area contributed by atoms with E-state index in [-0.39, 0.29) is 0 Å². The molecule has 1 nitrogen and oxygen atoms in total. The van der Waals surface area contributed by atoms with E-state index in [9.17, 15) is 0 Å². The first-order chi connectivity index (χ1) is 3.43. The zero-order chi connectivity index (χ0) is 5.11. The van der Waals surface area contributed by atoms with Gasteiger partial charge in [0.2, 0.25) is 0 Å². The summed E-state index contributed by atoms with van der Waals surface area (Å²) in [6, 6.07) is 1.88. The molecule has 1 heterocycles. The number of hydrogen-bond acceptors (Lipinski definition) is 3. The smallest absolute Gasteiger partial charge is 0.105 e. The fraction of sp³-hybridized carbons (Fsp3) is 0.250. The van der Waals surface area contributed by atoms with Gasteiger partial charge in [-0.15, -0.1) is 11.8 Å². The maximum atomic E-state index is 3.79. The summed E-state index contributed by atoms with van der Waals surface area (Å²) in [5, 5.41) is 0. The van der Waals surface area contributed by atoms with Crippen LogP contribution in [-0.2, 0) is 0 Å². The van der Waals surface area contributed by atoms with E-state index in [1.54, 1.807) is 11.8 Å². The molecule has 1 aromatic heterocycles. The molecular weight excluding hydrogens is 126 g/mol. The summed E-state index contributed by atoms with van der Waals surface area (Å²) in [7, 11) is 0. The first kappa shape index (κ1) is 5.12. The van der Waals surface area contributed by atoms with Gasteiger partial charge >= 0.3 is 0 Å². The van der Waals surface area contributed by atoms with E-state index in [2.05, 4.69) is 10.6 Å². The van der Waals surface area contributed by atoms with E-state index in [0.29, 0.717) is 0 Å². The van der Waals surface area contributed by atoms with Gasteiger partial charge in [0.15, 0.2) is 0 Å². The molecular formula is C4H4NS2. The lowest BCUT2D eigenvalue weighted by Gasteiger charge is -1.76. The van der Waals surface area contributed by atoms with Crippen LogP contribution in [-0.4, -0.2) is 10.6 Å². The first-order valence-electron chi connectivity index (χ1n) is 1.80. The van der Waals surface area contributed by atoms with Crippen molar-refractivity contribution in [3.8, 4) is 0 Å². The second-order valence-corrected chi connectivity index (χ2v) is 2.89. The molecule has 37 valence electrons. The van der Waals surface area contributed by atoms with E-state index < -0.39 is 0 Å². The quantitative estimate of drug-likeness (QED) is 0.536. The maximum absolute atomic E-state index is 3.79. The van der Waals surface area contributed by atoms with Gasteiger partial charge in [0.05, 0.1) is 4.21 Å². The van der Waals surface area contributed by atoms with Crippen molar-refractivity contribution in [3.05, 3.63) is 12.3 Å². The fourth-order valence-corrected chi connectivity index (χ4v) is 1.15. The summed E-state index contributed by atoms with van der Waals surface area (Å²) in [6.07, 6.45) is 4.76. The molecule has 7 heavy (non-hydrogen) atoms. The van der Waals surface area contributed by atoms with Gasteiger partial charge in [-0.1, -0.05) is 0 Å². The molecule has 0 unspecified atom stereocenters. The van der Waals surface area contributed by atoms with E-state index in [4.69, 9.17) is 0 Å². The maximum Gasteiger partial charge on any atom is 0.105 e. The third-order valence-corrected chi connectivity index (χ3v) is 2.31. The second-order valence-electron chi connectivity index (χ2n) is 0.979. The van der Waals surface area contributed by atoms with Gasteiger partial charge in [-0.3, -0.25) is 0 Å². The van der Waals surface area contributed by atoms with Crippen molar-refractivity contribution in [2.75, 3.05) is 6.26 Å². The highest BCUT2D eigenvalue weighted by molar-refractivity contribution is 8.00. The van der Waals surface area contributed by atoms with Crippen LogP contribution in [0.15, 0.2) is 10.3 Å². The molecule has 1 rings (SSSR count). The van der Waals surface area contributed by atoms with Crippen LogP contribution in [0.4, 0.5) is 0 Å². The predicted octanol–water partition coefficient (Wildman–Crippen LogP) is 1.67. The SMILES string of the molecule is CSc1c[c]ns1. The molecule has 0 aliphatic heterocycles. The van der Waals surface area contributed by atoms with Crippen LogP contribution in [0.5, 0.6) is 0 Å². The van der Waals surface area contributed by atoms with Crippen LogP contribution in [0.3, 0.4) is 0 Å². The minimum atomic E-state index is 1.22. The summed E-state index contributed by atoms with van der Waals surface area (Å²) >= 11 is 3.18. The van der Waals surface area contributed by atoms with Crippen LogP contribution < -0.4 is 0 Å². The average Bonchev–Trinajstić information content (AvgIpc) is 2.14. The number of rotatable bonds is 1. The Kier molecular flexibility index (Phi) is 1.70. The van der Waals surface area contributed by atoms with E-state index in [1.165, 1.54) is 15.7 Å². The van der Waals surface area contributed by atoms with E-state index >= 15 is 0 Å². The highest BCUT2D eigenvalue weighted by Gasteiger charge is 1.85. The van der Waals surface area contributed by atoms with Gasteiger partial charge in [0.1, 0.15) is 6.20 Å². The molecule has 0 atom stereocenters. The Morgan fingerprint density at radius 2 is 2.86 bits per heavy atom. The van der Waals surface area contributed by atoms with Gasteiger partial charge in [-0.2, -0.15) is 4.37 Å². The average molecular weight is 130 g/mol. The molecule has 0 bridgehead atoms. The molecule has 0 saturated carbocycles. The normalized spacial score (nSPS) is 9.29. The standard InChI is InChI=1S/C4H4NS2/c1-6-4-2-3-5-7-4/h2H,1H3. The summed E-state index contributed by atoms with van der Waals surface area (Å²) in [5.74, 6) is 0. The summed E-state index contributed by atoms with van der Waals surface area (Å²) in [5.41, 5.74) is 0. The van der Waals surface area contributed by atoms with E-state index in [1.807, 2.05) is 12.3 Å². The van der Waals surface area contributed by atoms with Gasteiger partial charge in [0.25, 0.3) is 0 Å². The summed E-state index contributed by atoms with van der Waals surface area (Å²) in [6.45, 7) is 0. The Balaban J connectivity index is 2.76. The molecule has 0 amide bonds. The Morgan fingerprint density at radius 1 is 2.00 bits per heavy atom. The van der Waals surface area contributed by atoms with Crippen molar-refractivity contribution in [2.45, 2.75) is 4.21 Å². The third kappa shape index (κ3) is 1.17. The largest absolute Gasteiger partial charge is 0.190 e. The zero-order valence-electron chi connectivity index (χ0n) is 3.84. The second kappa shape index (κ2) is 2.33. The van der Waals surface area contributed by atoms with Gasteiger partial charge < -0.3 is 0 Å². The number of nitrogens with zero attached hydrogens (tertiary/aromatic N) is 1. The number of hydrogen-bond donors (Lipinski definition) is 0. The molecule has 0 spiro atoms. The molecule has 1 radical (unpaired) electrons. The van der Waals surface area contributed by atoms with Crippen molar-refractivity contribution in [2.24, 2.45) is 0 Å².